The minimum Gasteiger partial charge on any atom is -0.325 e. The normalized spacial score (nSPS) is 21.0. The van der Waals surface area contributed by atoms with Crippen LogP contribution in [0, 0.1) is 11.8 Å². The van der Waals surface area contributed by atoms with E-state index in [0.29, 0.717) is 0 Å². The molecule has 0 radical (unpaired) electrons. The van der Waals surface area contributed by atoms with Gasteiger partial charge in [0.15, 0.2) is 0 Å². The van der Waals surface area contributed by atoms with Gasteiger partial charge in [0.1, 0.15) is 0 Å². The largest absolute Gasteiger partial charge is 0.325 e. The number of anilines is 1. The number of halogens is 1. The van der Waals surface area contributed by atoms with Gasteiger partial charge in [0.2, 0.25) is 0 Å². The summed E-state index contributed by atoms with van der Waals surface area (Å²) in [5.74, 6) is 1.64. The van der Waals surface area contributed by atoms with Gasteiger partial charge in [-0.05, 0) is 74.9 Å². The van der Waals surface area contributed by atoms with E-state index in [1.807, 2.05) is 29.2 Å². The van der Waals surface area contributed by atoms with Crippen LogP contribution >= 0.6 is 15.9 Å². The number of benzene rings is 1. The summed E-state index contributed by atoms with van der Waals surface area (Å²) in [6.07, 6.45) is 4.93. The van der Waals surface area contributed by atoms with Crippen molar-refractivity contribution >= 4 is 27.6 Å². The Kier molecular flexibility index (Phi) is 6.17. The Labute approximate surface area is 153 Å². The lowest BCUT2D eigenvalue weighted by Crippen LogP contribution is -2.44. The first-order valence-electron chi connectivity index (χ1n) is 9.14. The van der Waals surface area contributed by atoms with E-state index in [0.717, 1.165) is 47.9 Å². The third-order valence-electron chi connectivity index (χ3n) is 5.39. The molecule has 1 N–H and O–H groups in total. The van der Waals surface area contributed by atoms with Gasteiger partial charge in [0.25, 0.3) is 0 Å². The Morgan fingerprint density at radius 3 is 2.33 bits per heavy atom. The number of urea groups is 1. The molecule has 132 valence electrons. The van der Waals surface area contributed by atoms with Crippen molar-refractivity contribution in [3.8, 4) is 0 Å². The second-order valence-electron chi connectivity index (χ2n) is 7.35. The molecule has 0 unspecified atom stereocenters. The van der Waals surface area contributed by atoms with E-state index in [4.69, 9.17) is 0 Å². The first kappa shape index (κ1) is 17.7. The van der Waals surface area contributed by atoms with Crippen molar-refractivity contribution in [2.45, 2.75) is 32.6 Å². The molecule has 2 fully saturated rings. The van der Waals surface area contributed by atoms with Crippen molar-refractivity contribution in [2.24, 2.45) is 11.8 Å². The number of amides is 2. The highest BCUT2D eigenvalue weighted by molar-refractivity contribution is 9.10. The van der Waals surface area contributed by atoms with Gasteiger partial charge in [-0.3, -0.25) is 0 Å². The molecule has 0 atom stereocenters. The molecule has 2 heterocycles. The van der Waals surface area contributed by atoms with Crippen LogP contribution < -0.4 is 5.32 Å². The Bertz CT molecular complexity index is 532. The maximum Gasteiger partial charge on any atom is 0.321 e. The molecule has 2 aliphatic heterocycles. The minimum absolute atomic E-state index is 0.0302. The van der Waals surface area contributed by atoms with Gasteiger partial charge >= 0.3 is 6.03 Å². The molecule has 24 heavy (non-hydrogen) atoms. The zero-order chi connectivity index (χ0) is 16.9. The molecular weight excluding hydrogens is 366 g/mol. The number of hydrogen-bond acceptors (Lipinski definition) is 2. The van der Waals surface area contributed by atoms with Gasteiger partial charge in [-0.15, -0.1) is 0 Å². The second kappa shape index (κ2) is 8.34. The summed E-state index contributed by atoms with van der Waals surface area (Å²) in [6.45, 7) is 7.83. The van der Waals surface area contributed by atoms with E-state index in [9.17, 15) is 4.79 Å². The number of carbonyl (C=O) groups excluding carboxylic acids is 1. The Morgan fingerprint density at radius 1 is 1.08 bits per heavy atom. The highest BCUT2D eigenvalue weighted by Gasteiger charge is 2.25. The summed E-state index contributed by atoms with van der Waals surface area (Å²) >= 11 is 3.41. The van der Waals surface area contributed by atoms with Crippen LogP contribution in [-0.2, 0) is 0 Å². The highest BCUT2D eigenvalue weighted by Crippen LogP contribution is 2.23. The fourth-order valence-electron chi connectivity index (χ4n) is 3.66. The molecule has 2 amide bonds. The van der Waals surface area contributed by atoms with Gasteiger partial charge in [-0.25, -0.2) is 4.79 Å². The summed E-state index contributed by atoms with van der Waals surface area (Å²) in [5, 5.41) is 3.00. The smallest absolute Gasteiger partial charge is 0.321 e. The van der Waals surface area contributed by atoms with Crippen molar-refractivity contribution in [2.75, 3.05) is 38.0 Å². The van der Waals surface area contributed by atoms with Crippen LogP contribution in [0.5, 0.6) is 0 Å². The topological polar surface area (TPSA) is 35.6 Å². The van der Waals surface area contributed by atoms with Gasteiger partial charge in [-0.1, -0.05) is 22.9 Å². The SMILES string of the molecule is CC1CCN(CC2CCN(C(=O)Nc3ccc(Br)cc3)CC2)CC1. The lowest BCUT2D eigenvalue weighted by atomic mass is 9.93. The monoisotopic (exact) mass is 393 g/mol. The van der Waals surface area contributed by atoms with Gasteiger partial charge < -0.3 is 15.1 Å². The molecule has 0 aliphatic carbocycles. The molecule has 2 aliphatic rings. The maximum absolute atomic E-state index is 12.4. The van der Waals surface area contributed by atoms with E-state index < -0.39 is 0 Å². The maximum atomic E-state index is 12.4. The fourth-order valence-corrected chi connectivity index (χ4v) is 3.93. The number of nitrogens with zero attached hydrogens (tertiary/aromatic N) is 2. The lowest BCUT2D eigenvalue weighted by molar-refractivity contribution is 0.130. The summed E-state index contributed by atoms with van der Waals surface area (Å²) in [7, 11) is 0. The summed E-state index contributed by atoms with van der Waals surface area (Å²) in [6, 6.07) is 7.77. The quantitative estimate of drug-likeness (QED) is 0.824. The molecule has 4 nitrogen and oxygen atoms in total. The van der Waals surface area contributed by atoms with E-state index in [-0.39, 0.29) is 6.03 Å². The zero-order valence-electron chi connectivity index (χ0n) is 14.5. The fraction of sp³-hybridized carbons (Fsp3) is 0.632. The standard InChI is InChI=1S/C19H28BrN3O/c1-15-6-10-22(11-7-15)14-16-8-12-23(13-9-16)19(24)21-18-4-2-17(20)3-5-18/h2-5,15-16H,6-14H2,1H3,(H,21,24). The predicted octanol–water partition coefficient (Wildman–Crippen LogP) is 4.42. The third-order valence-corrected chi connectivity index (χ3v) is 5.92. The lowest BCUT2D eigenvalue weighted by Gasteiger charge is -2.37. The molecule has 3 rings (SSSR count). The highest BCUT2D eigenvalue weighted by atomic mass is 79.9. The van der Waals surface area contributed by atoms with Crippen LogP contribution in [0.2, 0.25) is 0 Å². The van der Waals surface area contributed by atoms with Crippen LogP contribution in [0.1, 0.15) is 32.6 Å². The van der Waals surface area contributed by atoms with Gasteiger partial charge in [0.05, 0.1) is 0 Å². The molecule has 1 aromatic rings. The molecule has 0 bridgehead atoms. The zero-order valence-corrected chi connectivity index (χ0v) is 16.1. The number of carbonyl (C=O) groups is 1. The van der Waals surface area contributed by atoms with Crippen molar-refractivity contribution in [1.82, 2.24) is 9.80 Å². The second-order valence-corrected chi connectivity index (χ2v) is 8.27. The molecular formula is C19H28BrN3O. The average Bonchev–Trinajstić information content (AvgIpc) is 2.59. The van der Waals surface area contributed by atoms with Crippen LogP contribution in [0.4, 0.5) is 10.5 Å². The van der Waals surface area contributed by atoms with Gasteiger partial charge in [-0.2, -0.15) is 0 Å². The Balaban J connectivity index is 1.41. The number of likely N-dealkylation sites (tertiary alicyclic amines) is 2. The van der Waals surface area contributed by atoms with Crippen LogP contribution in [0.3, 0.4) is 0 Å². The molecule has 0 saturated carbocycles. The molecule has 0 aromatic heterocycles. The van der Waals surface area contributed by atoms with Crippen LogP contribution in [-0.4, -0.2) is 48.6 Å². The molecule has 5 heteroatoms. The predicted molar refractivity (Wildman–Crippen MR) is 102 cm³/mol. The van der Waals surface area contributed by atoms with E-state index >= 15 is 0 Å². The van der Waals surface area contributed by atoms with Crippen molar-refractivity contribution < 1.29 is 4.79 Å². The summed E-state index contributed by atoms with van der Waals surface area (Å²) in [4.78, 5) is 17.0. The Hall–Kier alpha value is -1.07. The van der Waals surface area contributed by atoms with E-state index in [1.54, 1.807) is 0 Å². The van der Waals surface area contributed by atoms with Crippen molar-refractivity contribution in [1.29, 1.82) is 0 Å². The average molecular weight is 394 g/mol. The van der Waals surface area contributed by atoms with Crippen LogP contribution in [0.25, 0.3) is 0 Å². The molecule has 1 aromatic carbocycles. The van der Waals surface area contributed by atoms with Crippen molar-refractivity contribution in [3.63, 3.8) is 0 Å². The number of piperidine rings is 2. The molecule has 2 saturated heterocycles. The summed E-state index contributed by atoms with van der Waals surface area (Å²) < 4.78 is 1.02. The van der Waals surface area contributed by atoms with E-state index in [2.05, 4.69) is 33.1 Å². The minimum atomic E-state index is 0.0302. The summed E-state index contributed by atoms with van der Waals surface area (Å²) in [5.41, 5.74) is 0.854. The first-order chi connectivity index (χ1) is 11.6. The van der Waals surface area contributed by atoms with Crippen LogP contribution in [0.15, 0.2) is 28.7 Å². The number of hydrogen-bond donors (Lipinski definition) is 1. The number of nitrogens with one attached hydrogen (secondary N) is 1. The number of rotatable bonds is 3. The third kappa shape index (κ3) is 4.96. The molecule has 0 spiro atoms. The van der Waals surface area contributed by atoms with E-state index in [1.165, 1.54) is 32.5 Å². The van der Waals surface area contributed by atoms with Gasteiger partial charge in [0, 0.05) is 29.8 Å². The van der Waals surface area contributed by atoms with Crippen molar-refractivity contribution in [3.05, 3.63) is 28.7 Å². The Morgan fingerprint density at radius 2 is 1.71 bits per heavy atom. The first-order valence-corrected chi connectivity index (χ1v) is 9.93.